The van der Waals surface area contributed by atoms with Gasteiger partial charge in [-0.2, -0.15) is 0 Å². The molecule has 36 heavy (non-hydrogen) atoms. The zero-order chi connectivity index (χ0) is 25.3. The molecule has 0 aliphatic carbocycles. The van der Waals surface area contributed by atoms with Crippen LogP contribution in [0.1, 0.15) is 47.1 Å². The SMILES string of the molecule is CCc1cc(C(=O)N2CCC([C@]3(c4cccnc4)NC(=O)N(Cc4ccc(F)cc4)C3=O)CC2)no1. The van der Waals surface area contributed by atoms with Crippen LogP contribution in [0.2, 0.25) is 0 Å². The molecule has 2 fully saturated rings. The molecule has 2 aliphatic rings. The number of aromatic nitrogens is 2. The minimum Gasteiger partial charge on any atom is -0.361 e. The summed E-state index contributed by atoms with van der Waals surface area (Å²) >= 11 is 0. The number of imide groups is 1. The molecule has 4 amide bonds. The van der Waals surface area contributed by atoms with Crippen molar-refractivity contribution < 1.29 is 23.3 Å². The molecule has 0 saturated carbocycles. The molecule has 4 heterocycles. The van der Waals surface area contributed by atoms with Crippen LogP contribution < -0.4 is 5.32 Å². The normalized spacial score (nSPS) is 20.6. The summed E-state index contributed by atoms with van der Waals surface area (Å²) in [6.07, 6.45) is 4.84. The number of carbonyl (C=O) groups excluding carboxylic acids is 3. The van der Waals surface area contributed by atoms with Gasteiger partial charge in [-0.1, -0.05) is 30.3 Å². The van der Waals surface area contributed by atoms with Crippen LogP contribution in [0, 0.1) is 11.7 Å². The highest BCUT2D eigenvalue weighted by atomic mass is 19.1. The summed E-state index contributed by atoms with van der Waals surface area (Å²) in [5.74, 6) is -0.600. The molecule has 9 nitrogen and oxygen atoms in total. The Morgan fingerprint density at radius 2 is 1.94 bits per heavy atom. The fourth-order valence-electron chi connectivity index (χ4n) is 5.07. The summed E-state index contributed by atoms with van der Waals surface area (Å²) in [6, 6.07) is 10.4. The number of carbonyl (C=O) groups is 3. The third-order valence-corrected chi connectivity index (χ3v) is 7.02. The maximum Gasteiger partial charge on any atom is 0.325 e. The van der Waals surface area contributed by atoms with Gasteiger partial charge in [0.15, 0.2) is 11.2 Å². The topological polar surface area (TPSA) is 109 Å². The zero-order valence-electron chi connectivity index (χ0n) is 19.8. The van der Waals surface area contributed by atoms with Crippen molar-refractivity contribution in [2.75, 3.05) is 13.1 Å². The molecule has 0 unspecified atom stereocenters. The van der Waals surface area contributed by atoms with Gasteiger partial charge >= 0.3 is 6.03 Å². The van der Waals surface area contributed by atoms with Gasteiger partial charge in [-0.3, -0.25) is 19.5 Å². The van der Waals surface area contributed by atoms with E-state index in [1.54, 1.807) is 47.6 Å². The van der Waals surface area contributed by atoms with Crippen LogP contribution in [0.25, 0.3) is 0 Å². The van der Waals surface area contributed by atoms with E-state index in [1.807, 2.05) is 6.92 Å². The number of piperidine rings is 1. The number of halogens is 1. The van der Waals surface area contributed by atoms with Crippen molar-refractivity contribution in [3.63, 3.8) is 0 Å². The number of pyridine rings is 1. The Hall–Kier alpha value is -4.08. The standard InChI is InChI=1S/C26H26FN5O4/c1-2-21-14-22(30-36-21)23(33)31-12-9-18(10-13-31)26(19-4-3-11-28-15-19)24(34)32(25(35)29-26)16-17-5-7-20(27)8-6-17/h3-8,11,14-15,18H,2,9-10,12-13,16H2,1H3,(H,29,35)/t26-/m1/s1. The van der Waals surface area contributed by atoms with E-state index in [9.17, 15) is 18.8 Å². The van der Waals surface area contributed by atoms with Crippen LogP contribution in [0.15, 0.2) is 59.4 Å². The van der Waals surface area contributed by atoms with Crippen LogP contribution in [-0.4, -0.2) is 50.9 Å². The maximum absolute atomic E-state index is 13.9. The third-order valence-electron chi connectivity index (χ3n) is 7.02. The van der Waals surface area contributed by atoms with E-state index >= 15 is 0 Å². The lowest BCUT2D eigenvalue weighted by atomic mass is 9.73. The first-order valence-corrected chi connectivity index (χ1v) is 12.0. The van der Waals surface area contributed by atoms with Crippen LogP contribution in [0.3, 0.4) is 0 Å². The van der Waals surface area contributed by atoms with Gasteiger partial charge in [-0.05, 0) is 42.5 Å². The number of hydrogen-bond acceptors (Lipinski definition) is 6. The second-order valence-electron chi connectivity index (χ2n) is 9.10. The summed E-state index contributed by atoms with van der Waals surface area (Å²) in [4.78, 5) is 47.0. The number of rotatable bonds is 6. The highest BCUT2D eigenvalue weighted by Gasteiger charge is 2.57. The molecule has 0 bridgehead atoms. The Bertz CT molecular complexity index is 1270. The molecule has 0 radical (unpaired) electrons. The van der Waals surface area contributed by atoms with E-state index in [-0.39, 0.29) is 30.0 Å². The highest BCUT2D eigenvalue weighted by molar-refractivity contribution is 6.07. The molecule has 2 aromatic heterocycles. The minimum atomic E-state index is -1.30. The number of amides is 4. The number of benzene rings is 1. The van der Waals surface area contributed by atoms with Gasteiger partial charge in [-0.25, -0.2) is 9.18 Å². The van der Waals surface area contributed by atoms with Gasteiger partial charge in [0.25, 0.3) is 11.8 Å². The van der Waals surface area contributed by atoms with Crippen LogP contribution in [0.5, 0.6) is 0 Å². The number of nitrogens with one attached hydrogen (secondary N) is 1. The number of nitrogens with zero attached hydrogens (tertiary/aromatic N) is 4. The van der Waals surface area contributed by atoms with Crippen molar-refractivity contribution >= 4 is 17.8 Å². The molecule has 0 spiro atoms. The van der Waals surface area contributed by atoms with Crippen molar-refractivity contribution in [2.24, 2.45) is 5.92 Å². The highest BCUT2D eigenvalue weighted by Crippen LogP contribution is 2.41. The van der Waals surface area contributed by atoms with Gasteiger partial charge < -0.3 is 14.7 Å². The van der Waals surface area contributed by atoms with Crippen LogP contribution in [0.4, 0.5) is 9.18 Å². The monoisotopic (exact) mass is 491 g/mol. The largest absolute Gasteiger partial charge is 0.361 e. The molecule has 2 aliphatic heterocycles. The smallest absolute Gasteiger partial charge is 0.325 e. The van der Waals surface area contributed by atoms with Crippen molar-refractivity contribution in [1.29, 1.82) is 0 Å². The summed E-state index contributed by atoms with van der Waals surface area (Å²) < 4.78 is 18.5. The Morgan fingerprint density at radius 3 is 2.58 bits per heavy atom. The van der Waals surface area contributed by atoms with Gasteiger partial charge in [-0.15, -0.1) is 0 Å². The van der Waals surface area contributed by atoms with E-state index in [2.05, 4.69) is 15.5 Å². The summed E-state index contributed by atoms with van der Waals surface area (Å²) in [6.45, 7) is 2.75. The number of aryl methyl sites for hydroxylation is 1. The average Bonchev–Trinajstić information content (AvgIpc) is 3.49. The first-order valence-electron chi connectivity index (χ1n) is 12.0. The van der Waals surface area contributed by atoms with E-state index in [0.717, 1.165) is 0 Å². The van der Waals surface area contributed by atoms with Gasteiger partial charge in [0.05, 0.1) is 6.54 Å². The Labute approximate surface area is 207 Å². The molecular formula is C26H26FN5O4. The van der Waals surface area contributed by atoms with Gasteiger partial charge in [0.1, 0.15) is 11.6 Å². The van der Waals surface area contributed by atoms with Crippen LogP contribution >= 0.6 is 0 Å². The van der Waals surface area contributed by atoms with Crippen molar-refractivity contribution in [3.8, 4) is 0 Å². The number of likely N-dealkylation sites (tertiary alicyclic amines) is 1. The summed E-state index contributed by atoms with van der Waals surface area (Å²) in [7, 11) is 0. The maximum atomic E-state index is 13.9. The van der Waals surface area contributed by atoms with E-state index < -0.39 is 17.4 Å². The fraction of sp³-hybridized carbons (Fsp3) is 0.346. The molecule has 10 heteroatoms. The number of urea groups is 1. The van der Waals surface area contributed by atoms with Gasteiger partial charge in [0.2, 0.25) is 0 Å². The average molecular weight is 492 g/mol. The summed E-state index contributed by atoms with van der Waals surface area (Å²) in [5, 5.41) is 6.85. The fourth-order valence-corrected chi connectivity index (χ4v) is 5.07. The molecular weight excluding hydrogens is 465 g/mol. The van der Waals surface area contributed by atoms with E-state index in [4.69, 9.17) is 4.52 Å². The molecule has 1 atom stereocenters. The second-order valence-corrected chi connectivity index (χ2v) is 9.10. The predicted molar refractivity (Wildman–Crippen MR) is 126 cm³/mol. The minimum absolute atomic E-state index is 0.0240. The first kappa shape index (κ1) is 23.7. The zero-order valence-corrected chi connectivity index (χ0v) is 19.8. The lowest BCUT2D eigenvalue weighted by Gasteiger charge is -2.40. The first-order chi connectivity index (χ1) is 17.4. The Kier molecular flexibility index (Phi) is 6.26. The van der Waals surface area contributed by atoms with E-state index in [1.165, 1.54) is 17.0 Å². The lowest BCUT2D eigenvalue weighted by molar-refractivity contribution is -0.134. The quantitative estimate of drug-likeness (QED) is 0.530. The predicted octanol–water partition coefficient (Wildman–Crippen LogP) is 3.27. The molecule has 1 aromatic carbocycles. The van der Waals surface area contributed by atoms with Gasteiger partial charge in [0, 0.05) is 43.5 Å². The van der Waals surface area contributed by atoms with Crippen molar-refractivity contribution in [1.82, 2.24) is 25.3 Å². The lowest BCUT2D eigenvalue weighted by Crippen LogP contribution is -2.54. The molecule has 1 N–H and O–H groups in total. The number of hydrogen-bond donors (Lipinski definition) is 1. The van der Waals surface area contributed by atoms with E-state index in [0.29, 0.717) is 49.2 Å². The van der Waals surface area contributed by atoms with Crippen molar-refractivity contribution in [2.45, 2.75) is 38.3 Å². The molecule has 3 aromatic rings. The molecule has 5 rings (SSSR count). The molecule has 186 valence electrons. The Morgan fingerprint density at radius 1 is 1.19 bits per heavy atom. The second kappa shape index (κ2) is 9.52. The summed E-state index contributed by atoms with van der Waals surface area (Å²) in [5.41, 5.74) is 0.201. The van der Waals surface area contributed by atoms with Crippen molar-refractivity contribution in [3.05, 3.63) is 83.3 Å². The molecule has 2 saturated heterocycles. The third kappa shape index (κ3) is 4.12. The van der Waals surface area contributed by atoms with Crippen LogP contribution in [-0.2, 0) is 23.3 Å². The Balaban J connectivity index is 1.39.